The van der Waals surface area contributed by atoms with Gasteiger partial charge in [0.1, 0.15) is 0 Å². The van der Waals surface area contributed by atoms with Crippen LogP contribution in [0.4, 0.5) is 0 Å². The summed E-state index contributed by atoms with van der Waals surface area (Å²) in [7, 11) is 4.19. The Morgan fingerprint density at radius 1 is 1.62 bits per heavy atom. The number of hydrogen-bond acceptors (Lipinski definition) is 4. The van der Waals surface area contributed by atoms with Gasteiger partial charge in [0.25, 0.3) is 0 Å². The molecule has 0 spiro atoms. The lowest BCUT2D eigenvalue weighted by molar-refractivity contribution is 0.144. The molecule has 1 aliphatic heterocycles. The lowest BCUT2D eigenvalue weighted by Gasteiger charge is -2.37. The van der Waals surface area contributed by atoms with Gasteiger partial charge in [-0.05, 0) is 19.5 Å². The van der Waals surface area contributed by atoms with Crippen molar-refractivity contribution in [3.05, 3.63) is 11.8 Å². The van der Waals surface area contributed by atoms with Gasteiger partial charge in [-0.25, -0.2) is 0 Å². The van der Waals surface area contributed by atoms with Crippen LogP contribution in [0.25, 0.3) is 0 Å². The highest BCUT2D eigenvalue weighted by atomic mass is 15.4. The van der Waals surface area contributed by atoms with Crippen LogP contribution in [-0.2, 0) is 0 Å². The first-order chi connectivity index (χ1) is 6.15. The molecule has 0 aromatic carbocycles. The predicted octanol–water partition coefficient (Wildman–Crippen LogP) is -0.401. The fourth-order valence-corrected chi connectivity index (χ4v) is 1.78. The number of likely N-dealkylation sites (N-methyl/N-ethyl adjacent to an activating group) is 1. The van der Waals surface area contributed by atoms with Crippen LogP contribution in [0.5, 0.6) is 0 Å². The average Bonchev–Trinajstić information content (AvgIpc) is 2.02. The molecule has 0 aliphatic carbocycles. The van der Waals surface area contributed by atoms with E-state index in [1.807, 2.05) is 0 Å². The van der Waals surface area contributed by atoms with Crippen molar-refractivity contribution in [2.75, 3.05) is 33.9 Å². The van der Waals surface area contributed by atoms with Crippen LogP contribution in [0.3, 0.4) is 0 Å². The summed E-state index contributed by atoms with van der Waals surface area (Å²) in [4.78, 5) is 4.45. The predicted molar refractivity (Wildman–Crippen MR) is 55.0 cm³/mol. The Morgan fingerprint density at radius 2 is 2.31 bits per heavy atom. The average molecular weight is 184 g/mol. The van der Waals surface area contributed by atoms with Gasteiger partial charge in [0.05, 0.1) is 12.8 Å². The third kappa shape index (κ3) is 2.69. The maximum absolute atomic E-state index is 5.45. The third-order valence-electron chi connectivity index (χ3n) is 2.22. The van der Waals surface area contributed by atoms with Crippen LogP contribution in [0.2, 0.25) is 0 Å². The zero-order valence-corrected chi connectivity index (χ0v) is 8.75. The van der Waals surface area contributed by atoms with E-state index in [-0.39, 0.29) is 0 Å². The van der Waals surface area contributed by atoms with Crippen LogP contribution in [0.15, 0.2) is 11.8 Å². The van der Waals surface area contributed by atoms with E-state index in [4.69, 9.17) is 5.73 Å². The molecule has 0 saturated heterocycles. The first-order valence-electron chi connectivity index (χ1n) is 4.67. The van der Waals surface area contributed by atoms with Crippen molar-refractivity contribution in [2.45, 2.75) is 13.1 Å². The van der Waals surface area contributed by atoms with Crippen LogP contribution < -0.4 is 11.1 Å². The van der Waals surface area contributed by atoms with Gasteiger partial charge in [-0.1, -0.05) is 0 Å². The molecular formula is C9H20N4. The van der Waals surface area contributed by atoms with Crippen molar-refractivity contribution >= 4 is 0 Å². The molecule has 4 nitrogen and oxygen atoms in total. The van der Waals surface area contributed by atoms with E-state index in [0.29, 0.717) is 12.7 Å². The first-order valence-corrected chi connectivity index (χ1v) is 4.67. The Bertz CT molecular complexity index is 190. The van der Waals surface area contributed by atoms with Crippen molar-refractivity contribution in [3.8, 4) is 0 Å². The van der Waals surface area contributed by atoms with E-state index >= 15 is 0 Å². The highest BCUT2D eigenvalue weighted by Gasteiger charge is 2.20. The highest BCUT2D eigenvalue weighted by molar-refractivity contribution is 5.09. The van der Waals surface area contributed by atoms with Gasteiger partial charge in [-0.2, -0.15) is 0 Å². The van der Waals surface area contributed by atoms with Crippen LogP contribution in [0, 0.1) is 0 Å². The Labute approximate surface area is 80.4 Å². The summed E-state index contributed by atoms with van der Waals surface area (Å²) in [5.74, 6) is 0. The highest BCUT2D eigenvalue weighted by Crippen LogP contribution is 2.12. The summed E-state index contributed by atoms with van der Waals surface area (Å²) in [5.41, 5.74) is 6.79. The molecule has 0 amide bonds. The number of hydrogen-bond donors (Lipinski definition) is 2. The van der Waals surface area contributed by atoms with E-state index in [2.05, 4.69) is 42.3 Å². The molecule has 13 heavy (non-hydrogen) atoms. The molecule has 1 heterocycles. The number of rotatable bonds is 3. The Morgan fingerprint density at radius 3 is 2.85 bits per heavy atom. The topological polar surface area (TPSA) is 44.5 Å². The fraction of sp³-hybridized carbons (Fsp3) is 0.778. The summed E-state index contributed by atoms with van der Waals surface area (Å²) < 4.78 is 0. The largest absolute Gasteiger partial charge is 0.367 e. The second-order valence-corrected chi connectivity index (χ2v) is 3.67. The molecule has 1 rings (SSSR count). The SMILES string of the molecule is CC1=CN(C)CN(C)C1NCCN. The smallest absolute Gasteiger partial charge is 0.0845 e. The van der Waals surface area contributed by atoms with Crippen molar-refractivity contribution in [1.29, 1.82) is 0 Å². The van der Waals surface area contributed by atoms with E-state index in [1.165, 1.54) is 5.57 Å². The summed E-state index contributed by atoms with van der Waals surface area (Å²) in [6.45, 7) is 4.65. The lowest BCUT2D eigenvalue weighted by Crippen LogP contribution is -2.51. The van der Waals surface area contributed by atoms with E-state index in [9.17, 15) is 0 Å². The summed E-state index contributed by atoms with van der Waals surface area (Å²) >= 11 is 0. The van der Waals surface area contributed by atoms with Gasteiger partial charge in [0.2, 0.25) is 0 Å². The van der Waals surface area contributed by atoms with E-state index in [0.717, 1.165) is 13.2 Å². The fourth-order valence-electron chi connectivity index (χ4n) is 1.78. The Kier molecular flexibility index (Phi) is 3.71. The van der Waals surface area contributed by atoms with Crippen molar-refractivity contribution in [1.82, 2.24) is 15.1 Å². The van der Waals surface area contributed by atoms with Gasteiger partial charge in [0, 0.05) is 26.3 Å². The molecule has 0 aromatic heterocycles. The molecule has 4 heteroatoms. The molecule has 0 bridgehead atoms. The molecule has 1 unspecified atom stereocenters. The molecule has 0 saturated carbocycles. The van der Waals surface area contributed by atoms with Gasteiger partial charge < -0.3 is 10.6 Å². The maximum Gasteiger partial charge on any atom is 0.0845 e. The monoisotopic (exact) mass is 184 g/mol. The molecule has 3 N–H and O–H groups in total. The minimum absolute atomic E-state index is 0.347. The van der Waals surface area contributed by atoms with Gasteiger partial charge >= 0.3 is 0 Å². The first kappa shape index (κ1) is 10.5. The Balaban J connectivity index is 2.55. The normalized spacial score (nSPS) is 24.8. The zero-order chi connectivity index (χ0) is 9.84. The molecule has 1 atom stereocenters. The van der Waals surface area contributed by atoms with E-state index in [1.54, 1.807) is 0 Å². The maximum atomic E-state index is 5.45. The van der Waals surface area contributed by atoms with Gasteiger partial charge in [-0.15, -0.1) is 0 Å². The molecule has 76 valence electrons. The molecule has 1 aliphatic rings. The summed E-state index contributed by atoms with van der Waals surface area (Å²) in [5, 5.41) is 3.40. The Hall–Kier alpha value is -0.580. The second-order valence-electron chi connectivity index (χ2n) is 3.67. The summed E-state index contributed by atoms with van der Waals surface area (Å²) in [6, 6.07) is 0. The van der Waals surface area contributed by atoms with Gasteiger partial charge in [-0.3, -0.25) is 10.2 Å². The second kappa shape index (κ2) is 4.60. The van der Waals surface area contributed by atoms with Crippen LogP contribution in [-0.4, -0.2) is 49.8 Å². The van der Waals surface area contributed by atoms with Crippen LogP contribution >= 0.6 is 0 Å². The molecule has 0 aromatic rings. The number of nitrogens with zero attached hydrogens (tertiary/aromatic N) is 2. The van der Waals surface area contributed by atoms with Crippen molar-refractivity contribution in [3.63, 3.8) is 0 Å². The lowest BCUT2D eigenvalue weighted by atomic mass is 10.2. The quantitative estimate of drug-likeness (QED) is 0.626. The standard InChI is InChI=1S/C9H20N4/c1-8-6-12(2)7-13(3)9(8)11-5-4-10/h6,9,11H,4-5,7,10H2,1-3H3. The number of nitrogens with one attached hydrogen (secondary N) is 1. The minimum Gasteiger partial charge on any atom is -0.367 e. The summed E-state index contributed by atoms with van der Waals surface area (Å²) in [6.07, 6.45) is 2.52. The number of nitrogens with two attached hydrogens (primary N) is 1. The van der Waals surface area contributed by atoms with Crippen molar-refractivity contribution < 1.29 is 0 Å². The van der Waals surface area contributed by atoms with E-state index < -0.39 is 0 Å². The zero-order valence-electron chi connectivity index (χ0n) is 8.75. The molecule has 0 fully saturated rings. The molecular weight excluding hydrogens is 164 g/mol. The molecule has 0 radical (unpaired) electrons. The van der Waals surface area contributed by atoms with Crippen LogP contribution in [0.1, 0.15) is 6.92 Å². The van der Waals surface area contributed by atoms with Crippen molar-refractivity contribution in [2.24, 2.45) is 5.73 Å². The van der Waals surface area contributed by atoms with Gasteiger partial charge in [0.15, 0.2) is 0 Å². The minimum atomic E-state index is 0.347. The third-order valence-corrected chi connectivity index (χ3v) is 2.22.